The molecular formula is C33H33F3N6O3. The predicted octanol–water partition coefficient (Wildman–Crippen LogP) is 6.33. The topological polar surface area (TPSA) is 108 Å². The zero-order valence-electron chi connectivity index (χ0n) is 25.6. The molecule has 1 N–H and O–H groups in total. The zero-order chi connectivity index (χ0) is 32.9. The fraction of sp³-hybridized carbons (Fsp3) is 0.303. The van der Waals surface area contributed by atoms with Crippen LogP contribution in [0.25, 0.3) is 39.0 Å². The standard InChI is InChI=1S/C33H33F3N6O3/c1-8-17(5)29(27(37)16(3)4)42-32-21(31(39-33(42)44)41-15-18(6)40(14-19(41)7)24(43)9-2)13-23(35)28(38-32)25-26(36)22(34)12-20-10-11-45-30(20)25/h8-13,16,18-19,37H,1-2,14-15H2,3-7H3/b29-17+,37-27?/t18-,19+/m1/s1. The largest absolute Gasteiger partial charge is 0.464 e. The van der Waals surface area contributed by atoms with Crippen LogP contribution in [-0.2, 0) is 4.79 Å². The van der Waals surface area contributed by atoms with Gasteiger partial charge in [-0.05, 0) is 56.5 Å². The summed E-state index contributed by atoms with van der Waals surface area (Å²) in [5.41, 5.74) is -1.57. The van der Waals surface area contributed by atoms with E-state index in [2.05, 4.69) is 23.1 Å². The highest BCUT2D eigenvalue weighted by atomic mass is 19.2. The number of carbonyl (C=O) groups excluding carboxylic acids is 1. The lowest BCUT2D eigenvalue weighted by molar-refractivity contribution is -0.128. The number of nitrogens with zero attached hydrogens (tertiary/aromatic N) is 5. The minimum atomic E-state index is -1.37. The second-order valence-electron chi connectivity index (χ2n) is 11.5. The van der Waals surface area contributed by atoms with Gasteiger partial charge in [-0.25, -0.2) is 27.5 Å². The molecule has 5 rings (SSSR count). The van der Waals surface area contributed by atoms with Gasteiger partial charge in [-0.1, -0.05) is 33.1 Å². The molecule has 1 amide bonds. The van der Waals surface area contributed by atoms with Gasteiger partial charge >= 0.3 is 5.69 Å². The van der Waals surface area contributed by atoms with E-state index in [0.29, 0.717) is 5.57 Å². The molecule has 1 aliphatic heterocycles. The molecule has 0 unspecified atom stereocenters. The van der Waals surface area contributed by atoms with Gasteiger partial charge in [-0.2, -0.15) is 4.98 Å². The Morgan fingerprint density at radius 2 is 1.80 bits per heavy atom. The molecule has 0 bridgehead atoms. The smallest absolute Gasteiger partial charge is 0.355 e. The van der Waals surface area contributed by atoms with Gasteiger partial charge in [0.05, 0.1) is 28.6 Å². The number of allylic oxidation sites excluding steroid dienone is 3. The molecule has 12 heteroatoms. The van der Waals surface area contributed by atoms with Crippen LogP contribution in [-0.4, -0.2) is 56.2 Å². The third-order valence-electron chi connectivity index (χ3n) is 8.12. The maximum absolute atomic E-state index is 16.2. The van der Waals surface area contributed by atoms with Crippen molar-refractivity contribution in [2.45, 2.75) is 46.7 Å². The number of nitrogens with one attached hydrogen (secondary N) is 1. The number of fused-ring (bicyclic) bond motifs is 2. The molecule has 1 aliphatic rings. The van der Waals surface area contributed by atoms with Gasteiger partial charge in [0.25, 0.3) is 0 Å². The number of anilines is 1. The lowest BCUT2D eigenvalue weighted by Crippen LogP contribution is -2.58. The summed E-state index contributed by atoms with van der Waals surface area (Å²) in [6.45, 7) is 16.8. The zero-order valence-corrected chi connectivity index (χ0v) is 25.6. The quantitative estimate of drug-likeness (QED) is 0.147. The molecule has 3 aromatic heterocycles. The van der Waals surface area contributed by atoms with Gasteiger partial charge in [0.1, 0.15) is 17.1 Å². The minimum absolute atomic E-state index is 0.0573. The third-order valence-corrected chi connectivity index (χ3v) is 8.12. The highest BCUT2D eigenvalue weighted by Gasteiger charge is 2.34. The van der Waals surface area contributed by atoms with Crippen molar-refractivity contribution in [3.05, 3.63) is 83.3 Å². The Hall–Kier alpha value is -5.00. The molecule has 234 valence electrons. The normalized spacial score (nSPS) is 17.6. The first kappa shape index (κ1) is 31.4. The molecule has 0 radical (unpaired) electrons. The summed E-state index contributed by atoms with van der Waals surface area (Å²) in [6.07, 6.45) is 3.93. The maximum atomic E-state index is 16.2. The van der Waals surface area contributed by atoms with Crippen molar-refractivity contribution in [1.82, 2.24) is 19.4 Å². The number of furan rings is 1. The average molecular weight is 619 g/mol. The van der Waals surface area contributed by atoms with Gasteiger partial charge in [0.15, 0.2) is 23.1 Å². The number of aromatic nitrogens is 3. The van der Waals surface area contributed by atoms with E-state index >= 15 is 8.78 Å². The summed E-state index contributed by atoms with van der Waals surface area (Å²) in [5.74, 6) is -4.11. The van der Waals surface area contributed by atoms with Crippen LogP contribution in [0.3, 0.4) is 0 Å². The van der Waals surface area contributed by atoms with Gasteiger partial charge in [0.2, 0.25) is 5.91 Å². The monoisotopic (exact) mass is 618 g/mol. The second kappa shape index (κ2) is 11.8. The molecular weight excluding hydrogens is 585 g/mol. The fourth-order valence-corrected chi connectivity index (χ4v) is 5.69. The molecule has 45 heavy (non-hydrogen) atoms. The van der Waals surface area contributed by atoms with Crippen molar-refractivity contribution in [2.24, 2.45) is 5.92 Å². The number of pyridine rings is 1. The molecule has 1 aromatic carbocycles. The first-order valence-corrected chi connectivity index (χ1v) is 14.4. The number of hydrogen-bond acceptors (Lipinski definition) is 7. The van der Waals surface area contributed by atoms with Crippen molar-refractivity contribution < 1.29 is 22.4 Å². The third kappa shape index (κ3) is 5.23. The van der Waals surface area contributed by atoms with E-state index in [-0.39, 0.29) is 76.2 Å². The molecule has 0 spiro atoms. The van der Waals surface area contributed by atoms with Crippen LogP contribution in [0.5, 0.6) is 0 Å². The summed E-state index contributed by atoms with van der Waals surface area (Å²) in [7, 11) is 0. The first-order chi connectivity index (χ1) is 21.3. The Labute approximate surface area is 257 Å². The van der Waals surface area contributed by atoms with Crippen molar-refractivity contribution in [3.8, 4) is 11.3 Å². The summed E-state index contributed by atoms with van der Waals surface area (Å²) in [4.78, 5) is 38.8. The number of amides is 1. The van der Waals surface area contributed by atoms with Crippen molar-refractivity contribution in [1.29, 1.82) is 5.41 Å². The summed E-state index contributed by atoms with van der Waals surface area (Å²) in [5, 5.41) is 9.15. The van der Waals surface area contributed by atoms with Crippen molar-refractivity contribution >= 4 is 45.1 Å². The Kier molecular flexibility index (Phi) is 8.26. The molecule has 9 nitrogen and oxygen atoms in total. The Morgan fingerprint density at radius 3 is 2.44 bits per heavy atom. The van der Waals surface area contributed by atoms with E-state index in [1.165, 1.54) is 24.5 Å². The van der Waals surface area contributed by atoms with E-state index in [1.54, 1.807) is 30.6 Å². The summed E-state index contributed by atoms with van der Waals surface area (Å²) < 4.78 is 52.8. The molecule has 2 atom stereocenters. The maximum Gasteiger partial charge on any atom is 0.355 e. The number of benzene rings is 1. The lowest BCUT2D eigenvalue weighted by Gasteiger charge is -2.44. The van der Waals surface area contributed by atoms with Gasteiger partial charge < -0.3 is 19.6 Å². The second-order valence-corrected chi connectivity index (χ2v) is 11.5. The van der Waals surface area contributed by atoms with Crippen LogP contribution in [0.1, 0.15) is 34.6 Å². The number of piperazine rings is 1. The highest BCUT2D eigenvalue weighted by Crippen LogP contribution is 2.37. The van der Waals surface area contributed by atoms with Crippen LogP contribution < -0.4 is 10.6 Å². The van der Waals surface area contributed by atoms with Crippen LogP contribution in [0.15, 0.2) is 64.6 Å². The van der Waals surface area contributed by atoms with Gasteiger partial charge in [-0.3, -0.25) is 4.79 Å². The average Bonchev–Trinajstić information content (AvgIpc) is 3.46. The van der Waals surface area contributed by atoms with Crippen molar-refractivity contribution in [2.75, 3.05) is 18.0 Å². The van der Waals surface area contributed by atoms with Gasteiger partial charge in [-0.15, -0.1) is 0 Å². The van der Waals surface area contributed by atoms with Crippen LogP contribution >= 0.6 is 0 Å². The molecule has 1 saturated heterocycles. The molecule has 0 aliphatic carbocycles. The number of carbonyl (C=O) groups is 1. The number of rotatable bonds is 7. The van der Waals surface area contributed by atoms with E-state index in [0.717, 1.165) is 16.7 Å². The predicted molar refractivity (Wildman–Crippen MR) is 169 cm³/mol. The Morgan fingerprint density at radius 1 is 1.09 bits per heavy atom. The fourth-order valence-electron chi connectivity index (χ4n) is 5.69. The molecule has 4 heterocycles. The van der Waals surface area contributed by atoms with Crippen LogP contribution in [0.4, 0.5) is 19.0 Å². The highest BCUT2D eigenvalue weighted by molar-refractivity contribution is 6.20. The molecule has 4 aromatic rings. The van der Waals surface area contributed by atoms with Crippen LogP contribution in [0.2, 0.25) is 0 Å². The number of halogens is 3. The number of hydrogen-bond donors (Lipinski definition) is 1. The van der Waals surface area contributed by atoms with E-state index < -0.39 is 34.4 Å². The first-order valence-electron chi connectivity index (χ1n) is 14.4. The lowest BCUT2D eigenvalue weighted by atomic mass is 10.0. The molecule has 0 saturated carbocycles. The summed E-state index contributed by atoms with van der Waals surface area (Å²) >= 11 is 0. The SMILES string of the molecule is C=CC(=O)N1C[C@H](C)N(c2nc(=O)n(/C(C(=N)C(C)C)=C(\C)C=C)c3nc(-c4c(F)c(F)cc5ccoc45)c(F)cc23)C[C@H]1C. The van der Waals surface area contributed by atoms with E-state index in [4.69, 9.17) is 9.83 Å². The van der Waals surface area contributed by atoms with E-state index in [1.807, 2.05) is 13.8 Å². The minimum Gasteiger partial charge on any atom is -0.464 e. The Bertz CT molecular complexity index is 1990. The van der Waals surface area contributed by atoms with E-state index in [9.17, 15) is 14.0 Å². The summed E-state index contributed by atoms with van der Waals surface area (Å²) in [6, 6.07) is 2.75. The Balaban J connectivity index is 1.88. The van der Waals surface area contributed by atoms with Gasteiger partial charge in [0, 0.05) is 30.6 Å². The molecule has 1 fully saturated rings. The van der Waals surface area contributed by atoms with Crippen molar-refractivity contribution in [3.63, 3.8) is 0 Å². The van der Waals surface area contributed by atoms with Crippen LogP contribution in [0, 0.1) is 28.8 Å².